The predicted octanol–water partition coefficient (Wildman–Crippen LogP) is 4.17. The molecule has 0 unspecified atom stereocenters. The van der Waals surface area contributed by atoms with Crippen LogP contribution in [-0.4, -0.2) is 13.0 Å². The number of anilines is 1. The Morgan fingerprint density at radius 2 is 1.79 bits per heavy atom. The largest absolute Gasteiger partial charge is 0.311 e. The minimum absolute atomic E-state index is 0.185. The molecule has 2 rings (SSSR count). The maximum atomic E-state index is 13.0. The Bertz CT molecular complexity index is 610. The highest BCUT2D eigenvalue weighted by Gasteiger charge is 2.16. The van der Waals surface area contributed by atoms with Crippen LogP contribution >= 0.6 is 15.9 Å². The molecule has 1 amide bonds. The molecule has 0 saturated heterocycles. The van der Waals surface area contributed by atoms with Crippen molar-refractivity contribution in [1.29, 1.82) is 0 Å². The zero-order valence-corrected chi connectivity index (χ0v) is 12.2. The fourth-order valence-electron chi connectivity index (χ4n) is 1.73. The van der Waals surface area contributed by atoms with Crippen LogP contribution < -0.4 is 4.90 Å². The molecule has 0 N–H and O–H groups in total. The van der Waals surface area contributed by atoms with Gasteiger partial charge in [0.05, 0.1) is 5.56 Å². The number of carbonyl (C=O) groups excluding carboxylic acids is 1. The van der Waals surface area contributed by atoms with Crippen molar-refractivity contribution in [3.8, 4) is 0 Å². The molecule has 98 valence electrons. The SMILES string of the molecule is Cc1ccc(N(C)C(=O)c2ccc(F)cc2Br)cc1. The van der Waals surface area contributed by atoms with Crippen LogP contribution in [0.4, 0.5) is 10.1 Å². The van der Waals surface area contributed by atoms with Gasteiger partial charge in [-0.2, -0.15) is 0 Å². The highest BCUT2D eigenvalue weighted by Crippen LogP contribution is 2.22. The number of benzene rings is 2. The number of rotatable bonds is 2. The van der Waals surface area contributed by atoms with E-state index in [1.807, 2.05) is 31.2 Å². The maximum absolute atomic E-state index is 13.0. The Hall–Kier alpha value is -1.68. The second kappa shape index (κ2) is 5.53. The third-order valence-electron chi connectivity index (χ3n) is 2.89. The monoisotopic (exact) mass is 321 g/mol. The van der Waals surface area contributed by atoms with E-state index in [9.17, 15) is 9.18 Å². The lowest BCUT2D eigenvalue weighted by Gasteiger charge is -2.18. The second-order valence-corrected chi connectivity index (χ2v) is 5.18. The molecule has 0 aliphatic rings. The highest BCUT2D eigenvalue weighted by atomic mass is 79.9. The van der Waals surface area contributed by atoms with Crippen molar-refractivity contribution in [2.45, 2.75) is 6.92 Å². The average molecular weight is 322 g/mol. The van der Waals surface area contributed by atoms with Crippen LogP contribution in [0.5, 0.6) is 0 Å². The van der Waals surface area contributed by atoms with Crippen molar-refractivity contribution in [2.75, 3.05) is 11.9 Å². The number of aryl methyl sites for hydroxylation is 1. The zero-order valence-electron chi connectivity index (χ0n) is 10.7. The molecule has 0 aliphatic heterocycles. The molecule has 0 radical (unpaired) electrons. The van der Waals surface area contributed by atoms with Crippen molar-refractivity contribution in [3.05, 3.63) is 63.9 Å². The van der Waals surface area contributed by atoms with Crippen LogP contribution in [0.2, 0.25) is 0 Å². The van der Waals surface area contributed by atoms with Crippen LogP contribution in [0.1, 0.15) is 15.9 Å². The van der Waals surface area contributed by atoms with Gasteiger partial charge >= 0.3 is 0 Å². The first-order valence-electron chi connectivity index (χ1n) is 5.79. The molecule has 2 nitrogen and oxygen atoms in total. The molecule has 0 aromatic heterocycles. The van der Waals surface area contributed by atoms with Crippen LogP contribution in [0.25, 0.3) is 0 Å². The summed E-state index contributed by atoms with van der Waals surface area (Å²) in [5, 5.41) is 0. The van der Waals surface area contributed by atoms with Crippen LogP contribution in [-0.2, 0) is 0 Å². The molecular weight excluding hydrogens is 309 g/mol. The van der Waals surface area contributed by atoms with Crippen molar-refractivity contribution in [1.82, 2.24) is 0 Å². The quantitative estimate of drug-likeness (QED) is 0.812. The summed E-state index contributed by atoms with van der Waals surface area (Å²) in [4.78, 5) is 13.9. The van der Waals surface area contributed by atoms with Gasteiger partial charge in [0.2, 0.25) is 0 Å². The number of hydrogen-bond donors (Lipinski definition) is 0. The van der Waals surface area contributed by atoms with E-state index >= 15 is 0 Å². The highest BCUT2D eigenvalue weighted by molar-refractivity contribution is 9.10. The van der Waals surface area contributed by atoms with Gasteiger partial charge in [-0.3, -0.25) is 4.79 Å². The summed E-state index contributed by atoms with van der Waals surface area (Å²) in [7, 11) is 1.70. The smallest absolute Gasteiger partial charge is 0.259 e. The topological polar surface area (TPSA) is 20.3 Å². The van der Waals surface area contributed by atoms with Crippen molar-refractivity contribution in [3.63, 3.8) is 0 Å². The molecule has 0 saturated carbocycles. The molecule has 0 fully saturated rings. The summed E-state index contributed by atoms with van der Waals surface area (Å²) in [6, 6.07) is 11.7. The van der Waals surface area contributed by atoms with E-state index in [4.69, 9.17) is 0 Å². The van der Waals surface area contributed by atoms with E-state index < -0.39 is 0 Å². The van der Waals surface area contributed by atoms with Crippen molar-refractivity contribution < 1.29 is 9.18 Å². The summed E-state index contributed by atoms with van der Waals surface area (Å²) in [5.41, 5.74) is 2.36. The van der Waals surface area contributed by atoms with Gasteiger partial charge in [-0.1, -0.05) is 17.7 Å². The fraction of sp³-hybridized carbons (Fsp3) is 0.133. The van der Waals surface area contributed by atoms with Gasteiger partial charge in [0.25, 0.3) is 5.91 Å². The summed E-state index contributed by atoms with van der Waals surface area (Å²) < 4.78 is 13.5. The summed E-state index contributed by atoms with van der Waals surface area (Å²) in [6.07, 6.45) is 0. The Kier molecular flexibility index (Phi) is 4.00. The lowest BCUT2D eigenvalue weighted by Crippen LogP contribution is -2.26. The van der Waals surface area contributed by atoms with Gasteiger partial charge in [-0.25, -0.2) is 4.39 Å². The average Bonchev–Trinajstić information content (AvgIpc) is 2.38. The maximum Gasteiger partial charge on any atom is 0.259 e. The summed E-state index contributed by atoms with van der Waals surface area (Å²) in [6.45, 7) is 1.99. The van der Waals surface area contributed by atoms with E-state index in [2.05, 4.69) is 15.9 Å². The molecule has 0 atom stereocenters. The van der Waals surface area contributed by atoms with E-state index in [1.165, 1.54) is 23.1 Å². The molecule has 0 bridgehead atoms. The number of amides is 1. The number of halogens is 2. The van der Waals surface area contributed by atoms with Gasteiger partial charge in [0.1, 0.15) is 5.82 Å². The van der Waals surface area contributed by atoms with Gasteiger partial charge in [0, 0.05) is 17.2 Å². The van der Waals surface area contributed by atoms with Gasteiger partial charge in [-0.05, 0) is 53.2 Å². The van der Waals surface area contributed by atoms with E-state index in [0.717, 1.165) is 11.3 Å². The lowest BCUT2D eigenvalue weighted by molar-refractivity contribution is 0.0992. The molecule has 0 aliphatic carbocycles. The van der Waals surface area contributed by atoms with E-state index in [1.54, 1.807) is 7.05 Å². The Labute approximate surface area is 120 Å². The van der Waals surface area contributed by atoms with Gasteiger partial charge < -0.3 is 4.90 Å². The second-order valence-electron chi connectivity index (χ2n) is 4.32. The first kappa shape index (κ1) is 13.7. The molecule has 4 heteroatoms. The fourth-order valence-corrected chi connectivity index (χ4v) is 2.25. The first-order chi connectivity index (χ1) is 8.99. The minimum Gasteiger partial charge on any atom is -0.311 e. The predicted molar refractivity (Wildman–Crippen MR) is 78.0 cm³/mol. The Morgan fingerprint density at radius 1 is 1.16 bits per heavy atom. The van der Waals surface area contributed by atoms with Crippen molar-refractivity contribution >= 4 is 27.5 Å². The zero-order chi connectivity index (χ0) is 14.0. The lowest BCUT2D eigenvalue weighted by atomic mass is 10.1. The number of hydrogen-bond acceptors (Lipinski definition) is 1. The van der Waals surface area contributed by atoms with Gasteiger partial charge in [0.15, 0.2) is 0 Å². The number of carbonyl (C=O) groups is 1. The summed E-state index contributed by atoms with van der Waals surface area (Å²) in [5.74, 6) is -0.558. The normalized spacial score (nSPS) is 10.3. The minimum atomic E-state index is -0.374. The molecule has 0 heterocycles. The van der Waals surface area contributed by atoms with Crippen LogP contribution in [0.3, 0.4) is 0 Å². The van der Waals surface area contributed by atoms with Crippen LogP contribution in [0, 0.1) is 12.7 Å². The molecule has 0 spiro atoms. The Morgan fingerprint density at radius 3 is 2.37 bits per heavy atom. The number of nitrogens with zero attached hydrogens (tertiary/aromatic N) is 1. The summed E-state index contributed by atoms with van der Waals surface area (Å²) >= 11 is 3.21. The van der Waals surface area contributed by atoms with Crippen molar-refractivity contribution in [2.24, 2.45) is 0 Å². The standard InChI is InChI=1S/C15H13BrFNO/c1-10-3-6-12(7-4-10)18(2)15(19)13-8-5-11(17)9-14(13)16/h3-9H,1-2H3. The first-order valence-corrected chi connectivity index (χ1v) is 6.58. The third kappa shape index (κ3) is 3.01. The van der Waals surface area contributed by atoms with Gasteiger partial charge in [-0.15, -0.1) is 0 Å². The Balaban J connectivity index is 2.30. The van der Waals surface area contributed by atoms with E-state index in [-0.39, 0.29) is 11.7 Å². The molecule has 2 aromatic rings. The molecule has 2 aromatic carbocycles. The third-order valence-corrected chi connectivity index (χ3v) is 3.54. The molecular formula is C15H13BrFNO. The molecule has 19 heavy (non-hydrogen) atoms. The van der Waals surface area contributed by atoms with Crippen LogP contribution in [0.15, 0.2) is 46.9 Å². The van der Waals surface area contributed by atoms with E-state index in [0.29, 0.717) is 10.0 Å².